The van der Waals surface area contributed by atoms with Crippen LogP contribution in [0.25, 0.3) is 0 Å². The molecule has 7 nitrogen and oxygen atoms in total. The molecule has 0 fully saturated rings. The maximum atomic E-state index is 10.6. The molecule has 0 aliphatic heterocycles. The summed E-state index contributed by atoms with van der Waals surface area (Å²) in [6.07, 6.45) is 1.48. The zero-order valence-corrected chi connectivity index (χ0v) is 12.2. The van der Waals surface area contributed by atoms with E-state index in [0.29, 0.717) is 12.7 Å². The predicted molar refractivity (Wildman–Crippen MR) is 67.3 cm³/mol. The van der Waals surface area contributed by atoms with Crippen molar-refractivity contribution in [1.82, 2.24) is 4.90 Å². The molecule has 0 aromatic rings. The van der Waals surface area contributed by atoms with Crippen LogP contribution >= 0.6 is 0 Å². The number of carbonyl (C=O) groups is 1. The van der Waals surface area contributed by atoms with Gasteiger partial charge < -0.3 is 14.2 Å². The van der Waals surface area contributed by atoms with Gasteiger partial charge in [0, 0.05) is 0 Å². The van der Waals surface area contributed by atoms with Crippen molar-refractivity contribution in [3.8, 4) is 0 Å². The summed E-state index contributed by atoms with van der Waals surface area (Å²) in [4.78, 5) is 12.5. The van der Waals surface area contributed by atoms with E-state index >= 15 is 0 Å². The van der Waals surface area contributed by atoms with Crippen molar-refractivity contribution < 1.29 is 26.7 Å². The summed E-state index contributed by atoms with van der Waals surface area (Å²) in [6, 6.07) is 0. The quantitative estimate of drug-likeness (QED) is 0.570. The summed E-state index contributed by atoms with van der Waals surface area (Å²) >= 11 is 0. The molecule has 0 aromatic carbocycles. The van der Waals surface area contributed by atoms with Crippen LogP contribution in [0.2, 0.25) is 0 Å². The van der Waals surface area contributed by atoms with Crippen LogP contribution in [0.15, 0.2) is 11.8 Å². The topological polar surface area (TPSA) is 93.1 Å². The molecule has 8 heteroatoms. The maximum Gasteiger partial charge on any atom is 0.448 e. The van der Waals surface area contributed by atoms with Crippen LogP contribution < -0.4 is 0 Å². The molecule has 0 aliphatic carbocycles. The fraction of sp³-hybridized carbons (Fsp3) is 0.700. The van der Waals surface area contributed by atoms with Crippen LogP contribution in [0.3, 0.4) is 0 Å². The lowest BCUT2D eigenvalue weighted by atomic mass is 10.2. The Morgan fingerprint density at radius 1 is 1.33 bits per heavy atom. The molecule has 0 heterocycles. The lowest BCUT2D eigenvalue weighted by molar-refractivity contribution is -0.132. The average Bonchev–Trinajstić information content (AvgIpc) is 2.23. The van der Waals surface area contributed by atoms with Gasteiger partial charge in [0.15, 0.2) is 0 Å². The van der Waals surface area contributed by atoms with Crippen LogP contribution in [-0.2, 0) is 23.6 Å². The highest BCUT2D eigenvalue weighted by Crippen LogP contribution is 2.07. The molecule has 1 N–H and O–H groups in total. The van der Waals surface area contributed by atoms with Crippen molar-refractivity contribution in [2.24, 2.45) is 0 Å². The van der Waals surface area contributed by atoms with E-state index in [1.54, 1.807) is 6.92 Å². The average molecular weight is 283 g/mol. The Balaban J connectivity index is 0. The minimum absolute atomic E-state index is 0.117. The van der Waals surface area contributed by atoms with Crippen molar-refractivity contribution in [3.63, 3.8) is 0 Å². The fourth-order valence-electron chi connectivity index (χ4n) is 0.642. The molecule has 0 bridgehead atoms. The van der Waals surface area contributed by atoms with Gasteiger partial charge in [0.25, 0.3) is 0 Å². The molecule has 0 unspecified atom stereocenters. The molecule has 18 heavy (non-hydrogen) atoms. The van der Waals surface area contributed by atoms with Gasteiger partial charge >= 0.3 is 16.4 Å². The molecule has 0 spiro atoms. The minimum Gasteiger partial charge on any atom is -0.478 e. The van der Waals surface area contributed by atoms with E-state index < -0.39 is 16.4 Å². The van der Waals surface area contributed by atoms with Crippen LogP contribution in [0.1, 0.15) is 19.8 Å². The van der Waals surface area contributed by atoms with Crippen LogP contribution in [0.5, 0.6) is 0 Å². The van der Waals surface area contributed by atoms with Crippen molar-refractivity contribution in [2.75, 3.05) is 28.3 Å². The summed E-state index contributed by atoms with van der Waals surface area (Å²) in [5.74, 6) is -1.21. The molecule has 108 valence electrons. The molecule has 0 radical (unpaired) electrons. The Kier molecular flexibility index (Phi) is 10.5. The Labute approximate surface area is 108 Å². The summed E-state index contributed by atoms with van der Waals surface area (Å²) in [5.41, 5.74) is -0.117. The van der Waals surface area contributed by atoms with Crippen molar-refractivity contribution >= 4 is 16.4 Å². The Bertz CT molecular complexity index is 358. The van der Waals surface area contributed by atoms with E-state index in [9.17, 15) is 13.2 Å². The summed E-state index contributed by atoms with van der Waals surface area (Å²) in [7, 11) is 2.81. The number of hydrogen-bond donors (Lipinski definition) is 1. The summed E-state index contributed by atoms with van der Waals surface area (Å²) in [6.45, 7) is 1.77. The largest absolute Gasteiger partial charge is 0.478 e. The zero-order valence-electron chi connectivity index (χ0n) is 11.3. The monoisotopic (exact) mass is 283 g/mol. The predicted octanol–water partition coefficient (Wildman–Crippen LogP) is 0.841. The normalized spacial score (nSPS) is 11.8. The van der Waals surface area contributed by atoms with Crippen molar-refractivity contribution in [1.29, 1.82) is 0 Å². The smallest absolute Gasteiger partial charge is 0.448 e. The standard InChI is InChI=1S/C7H12O6S.C3H9N/c1-3-4-6(7(8)9)5-13-14(10,11)12-2;1-4(2)3/h5H,3-4H2,1-2H3,(H,8,9);1-3H3. The molecule has 0 aliphatic rings. The van der Waals surface area contributed by atoms with E-state index in [0.717, 1.165) is 7.11 Å². The highest BCUT2D eigenvalue weighted by molar-refractivity contribution is 7.81. The van der Waals surface area contributed by atoms with Gasteiger partial charge in [-0.2, -0.15) is 8.42 Å². The van der Waals surface area contributed by atoms with E-state index in [2.05, 4.69) is 8.37 Å². The van der Waals surface area contributed by atoms with Gasteiger partial charge in [0.05, 0.1) is 12.7 Å². The number of carboxylic acid groups (broad SMARTS) is 1. The first kappa shape index (κ1) is 19.2. The SMILES string of the molecule is CCCC(=COS(=O)(=O)OC)C(=O)O.CN(C)C. The number of carboxylic acids is 1. The summed E-state index contributed by atoms with van der Waals surface area (Å²) < 4.78 is 29.4. The highest BCUT2D eigenvalue weighted by atomic mass is 32.3. The molecule has 0 atom stereocenters. The van der Waals surface area contributed by atoms with Gasteiger partial charge in [-0.25, -0.2) is 8.98 Å². The first-order valence-electron chi connectivity index (χ1n) is 5.18. The van der Waals surface area contributed by atoms with Crippen LogP contribution in [0.4, 0.5) is 0 Å². The second kappa shape index (κ2) is 9.86. The van der Waals surface area contributed by atoms with E-state index in [-0.39, 0.29) is 12.0 Å². The second-order valence-corrected chi connectivity index (χ2v) is 5.05. The first-order valence-corrected chi connectivity index (χ1v) is 6.51. The third-order valence-corrected chi connectivity index (χ3v) is 2.05. The fourth-order valence-corrected chi connectivity index (χ4v) is 0.954. The van der Waals surface area contributed by atoms with E-state index in [4.69, 9.17) is 5.11 Å². The molecule has 0 saturated heterocycles. The lowest BCUT2D eigenvalue weighted by Crippen LogP contribution is -2.06. The molecule has 0 saturated carbocycles. The Morgan fingerprint density at radius 3 is 2.06 bits per heavy atom. The minimum atomic E-state index is -4.11. The summed E-state index contributed by atoms with van der Waals surface area (Å²) in [5, 5.41) is 8.59. The third-order valence-electron chi connectivity index (χ3n) is 1.31. The van der Waals surface area contributed by atoms with Gasteiger partial charge in [-0.05, 0) is 27.6 Å². The van der Waals surface area contributed by atoms with Gasteiger partial charge in [0.2, 0.25) is 0 Å². The van der Waals surface area contributed by atoms with E-state index in [1.807, 2.05) is 26.0 Å². The second-order valence-electron chi connectivity index (χ2n) is 3.71. The zero-order chi connectivity index (χ0) is 14.8. The van der Waals surface area contributed by atoms with Gasteiger partial charge in [-0.3, -0.25) is 0 Å². The molecular formula is C10H21NO6S. The van der Waals surface area contributed by atoms with Crippen molar-refractivity contribution in [2.45, 2.75) is 19.8 Å². The van der Waals surface area contributed by atoms with Crippen LogP contribution in [0, 0.1) is 0 Å². The molecule has 0 rings (SSSR count). The number of hydrogen-bond acceptors (Lipinski definition) is 6. The molecule has 0 aromatic heterocycles. The maximum absolute atomic E-state index is 10.6. The number of rotatable bonds is 6. The lowest BCUT2D eigenvalue weighted by Gasteiger charge is -2.01. The van der Waals surface area contributed by atoms with Crippen molar-refractivity contribution in [3.05, 3.63) is 11.8 Å². The third kappa shape index (κ3) is 12.9. The first-order chi connectivity index (χ1) is 8.16. The Hall–Kier alpha value is -1.12. The molecular weight excluding hydrogens is 262 g/mol. The van der Waals surface area contributed by atoms with Gasteiger partial charge in [0.1, 0.15) is 6.26 Å². The van der Waals surface area contributed by atoms with E-state index in [1.165, 1.54) is 0 Å². The Morgan fingerprint density at radius 2 is 1.78 bits per heavy atom. The highest BCUT2D eigenvalue weighted by Gasteiger charge is 2.11. The number of aliphatic carboxylic acids is 1. The molecule has 0 amide bonds. The number of nitrogens with zero attached hydrogens (tertiary/aromatic N) is 1. The van der Waals surface area contributed by atoms with Crippen LogP contribution in [-0.4, -0.2) is 52.6 Å². The van der Waals surface area contributed by atoms with Gasteiger partial charge in [-0.15, -0.1) is 0 Å². The van der Waals surface area contributed by atoms with Gasteiger partial charge in [-0.1, -0.05) is 13.3 Å².